The van der Waals surface area contributed by atoms with Crippen LogP contribution in [0.25, 0.3) is 0 Å². The zero-order chi connectivity index (χ0) is 24.8. The normalized spacial score (nSPS) is 13.9. The number of piperidine rings is 1. The molecule has 0 saturated carbocycles. The summed E-state index contributed by atoms with van der Waals surface area (Å²) in [6.07, 6.45) is 1.96. The molecule has 0 bridgehead atoms. The number of hydrogen-bond donors (Lipinski definition) is 2. The lowest BCUT2D eigenvalue weighted by Crippen LogP contribution is -2.39. The summed E-state index contributed by atoms with van der Waals surface area (Å²) in [6.45, 7) is 5.64. The van der Waals surface area contributed by atoms with E-state index >= 15 is 0 Å². The van der Waals surface area contributed by atoms with Gasteiger partial charge in [-0.05, 0) is 50.3 Å². The number of nitrogens with one attached hydrogen (secondary N) is 2. The largest absolute Gasteiger partial charge is 0.352 e. The van der Waals surface area contributed by atoms with E-state index in [4.69, 9.17) is 0 Å². The van der Waals surface area contributed by atoms with Crippen molar-refractivity contribution in [3.05, 3.63) is 75.2 Å². The van der Waals surface area contributed by atoms with Crippen LogP contribution in [-0.4, -0.2) is 45.9 Å². The third-order valence-electron chi connectivity index (χ3n) is 6.10. The lowest BCUT2D eigenvalue weighted by molar-refractivity contribution is -0.122. The molecule has 182 valence electrons. The number of benzene rings is 2. The Morgan fingerprint density at radius 3 is 2.17 bits per heavy atom. The van der Waals surface area contributed by atoms with Gasteiger partial charge in [-0.15, -0.1) is 10.2 Å². The summed E-state index contributed by atoms with van der Waals surface area (Å²) in [7, 11) is 0. The number of amides is 3. The van der Waals surface area contributed by atoms with E-state index in [1.54, 1.807) is 4.90 Å². The Labute approximate surface area is 208 Å². The van der Waals surface area contributed by atoms with Crippen LogP contribution in [0, 0.1) is 19.8 Å². The van der Waals surface area contributed by atoms with Crippen LogP contribution in [0.3, 0.4) is 0 Å². The van der Waals surface area contributed by atoms with Gasteiger partial charge in [0.05, 0.1) is 0 Å². The molecule has 0 spiro atoms. The molecule has 9 heteroatoms. The van der Waals surface area contributed by atoms with Crippen LogP contribution in [0.1, 0.15) is 55.6 Å². The fourth-order valence-corrected chi connectivity index (χ4v) is 4.65. The molecule has 2 heterocycles. The average Bonchev–Trinajstić information content (AvgIpc) is 3.36. The molecule has 0 atom stereocenters. The van der Waals surface area contributed by atoms with E-state index in [0.717, 1.165) is 35.3 Å². The summed E-state index contributed by atoms with van der Waals surface area (Å²) in [6, 6.07) is 15.5. The minimum absolute atomic E-state index is 0.0312. The topological polar surface area (TPSA) is 104 Å². The molecule has 1 fully saturated rings. The summed E-state index contributed by atoms with van der Waals surface area (Å²) >= 11 is 0.992. The molecule has 8 nitrogen and oxygen atoms in total. The molecule has 0 aliphatic carbocycles. The van der Waals surface area contributed by atoms with E-state index in [-0.39, 0.29) is 33.7 Å². The number of hydrogen-bond acceptors (Lipinski definition) is 6. The zero-order valence-corrected chi connectivity index (χ0v) is 20.7. The second-order valence-electron chi connectivity index (χ2n) is 8.93. The molecule has 2 N–H and O–H groups in total. The first-order valence-corrected chi connectivity index (χ1v) is 12.5. The first kappa shape index (κ1) is 24.5. The molecule has 4 rings (SSSR count). The fraction of sp³-hybridized carbons (Fsp3) is 0.346. The monoisotopic (exact) mass is 491 g/mol. The van der Waals surface area contributed by atoms with Crippen molar-refractivity contribution >= 4 is 34.7 Å². The highest BCUT2D eigenvalue weighted by molar-refractivity contribution is 7.15. The number of rotatable bonds is 7. The van der Waals surface area contributed by atoms with Gasteiger partial charge in [0.1, 0.15) is 0 Å². The van der Waals surface area contributed by atoms with Crippen molar-refractivity contribution in [2.75, 3.05) is 18.4 Å². The lowest BCUT2D eigenvalue weighted by Gasteiger charge is -2.31. The van der Waals surface area contributed by atoms with Crippen molar-refractivity contribution in [3.8, 4) is 0 Å². The molecule has 0 unspecified atom stereocenters. The Bertz CT molecular complexity index is 1180. The number of carbonyl (C=O) groups excluding carboxylic acids is 3. The highest BCUT2D eigenvalue weighted by Crippen LogP contribution is 2.23. The number of likely N-dealkylation sites (tertiary alicyclic amines) is 1. The quantitative estimate of drug-likeness (QED) is 0.521. The summed E-state index contributed by atoms with van der Waals surface area (Å²) in [5.74, 6) is -0.342. The van der Waals surface area contributed by atoms with Gasteiger partial charge in [-0.3, -0.25) is 14.4 Å². The van der Waals surface area contributed by atoms with E-state index in [0.29, 0.717) is 31.7 Å². The van der Waals surface area contributed by atoms with Crippen LogP contribution in [0.2, 0.25) is 0 Å². The van der Waals surface area contributed by atoms with Crippen molar-refractivity contribution in [3.63, 3.8) is 0 Å². The predicted octanol–water partition coefficient (Wildman–Crippen LogP) is 3.97. The second-order valence-corrected chi connectivity index (χ2v) is 9.91. The van der Waals surface area contributed by atoms with Crippen molar-refractivity contribution in [2.24, 2.45) is 5.92 Å². The van der Waals surface area contributed by atoms with Gasteiger partial charge in [0, 0.05) is 31.7 Å². The van der Waals surface area contributed by atoms with Crippen LogP contribution < -0.4 is 10.6 Å². The smallest absolute Gasteiger partial charge is 0.286 e. The molecule has 35 heavy (non-hydrogen) atoms. The van der Waals surface area contributed by atoms with Crippen LogP contribution in [0.15, 0.2) is 48.5 Å². The Balaban J connectivity index is 1.22. The van der Waals surface area contributed by atoms with Gasteiger partial charge in [0.25, 0.3) is 11.8 Å². The van der Waals surface area contributed by atoms with Crippen molar-refractivity contribution in [1.29, 1.82) is 0 Å². The summed E-state index contributed by atoms with van der Waals surface area (Å²) < 4.78 is 0. The van der Waals surface area contributed by atoms with Gasteiger partial charge >= 0.3 is 0 Å². The van der Waals surface area contributed by atoms with Gasteiger partial charge in [0.15, 0.2) is 0 Å². The van der Waals surface area contributed by atoms with Crippen LogP contribution >= 0.6 is 11.3 Å². The first-order valence-electron chi connectivity index (χ1n) is 11.7. The molecular formula is C26H29N5O3S. The zero-order valence-electron chi connectivity index (χ0n) is 19.9. The molecule has 1 aromatic heterocycles. The molecule has 3 amide bonds. The Morgan fingerprint density at radius 1 is 0.914 bits per heavy atom. The molecule has 1 saturated heterocycles. The Morgan fingerprint density at radius 2 is 1.51 bits per heavy atom. The average molecular weight is 492 g/mol. The maximum absolute atomic E-state index is 12.9. The lowest BCUT2D eigenvalue weighted by atomic mass is 9.93. The minimum atomic E-state index is -0.388. The summed E-state index contributed by atoms with van der Waals surface area (Å²) in [5, 5.41) is 14.0. The number of nitrogens with zero attached hydrogens (tertiary/aromatic N) is 3. The van der Waals surface area contributed by atoms with E-state index in [1.165, 1.54) is 5.56 Å². The van der Waals surface area contributed by atoms with Crippen molar-refractivity contribution < 1.29 is 14.4 Å². The number of aryl methyl sites for hydroxylation is 2. The highest BCUT2D eigenvalue weighted by atomic mass is 32.1. The standard InChI is InChI=1S/C26H29N5O3S/c1-17-3-7-20(8-4-17)16-27-22(32)15-19-11-13-31(14-12-19)26(34)25-30-29-24(35-25)23(33)28-21-9-5-18(2)6-10-21/h3-10,19H,11-16H2,1-2H3,(H,27,32)(H,28,33). The summed E-state index contributed by atoms with van der Waals surface area (Å²) in [4.78, 5) is 39.4. The van der Waals surface area contributed by atoms with Gasteiger partial charge in [-0.1, -0.05) is 58.9 Å². The Hall–Kier alpha value is -3.59. The van der Waals surface area contributed by atoms with Crippen molar-refractivity contribution in [2.45, 2.75) is 39.7 Å². The fourth-order valence-electron chi connectivity index (χ4n) is 3.94. The predicted molar refractivity (Wildman–Crippen MR) is 135 cm³/mol. The third kappa shape index (κ3) is 6.73. The minimum Gasteiger partial charge on any atom is -0.352 e. The van der Waals surface area contributed by atoms with E-state index in [2.05, 4.69) is 20.8 Å². The van der Waals surface area contributed by atoms with Crippen LogP contribution in [0.5, 0.6) is 0 Å². The number of carbonyl (C=O) groups is 3. The molecule has 3 aromatic rings. The second kappa shape index (κ2) is 11.2. The van der Waals surface area contributed by atoms with Gasteiger partial charge in [0.2, 0.25) is 15.9 Å². The highest BCUT2D eigenvalue weighted by Gasteiger charge is 2.28. The SMILES string of the molecule is Cc1ccc(CNC(=O)CC2CCN(C(=O)c3nnc(C(=O)Nc4ccc(C)cc4)s3)CC2)cc1. The van der Waals surface area contributed by atoms with Gasteiger partial charge < -0.3 is 15.5 Å². The maximum atomic E-state index is 12.9. The Kier molecular flexibility index (Phi) is 7.87. The number of anilines is 1. The third-order valence-corrected chi connectivity index (χ3v) is 7.01. The molecule has 0 radical (unpaired) electrons. The molecule has 2 aromatic carbocycles. The summed E-state index contributed by atoms with van der Waals surface area (Å²) in [5.41, 5.74) is 4.03. The van der Waals surface area contributed by atoms with Gasteiger partial charge in [-0.25, -0.2) is 0 Å². The first-order chi connectivity index (χ1) is 16.9. The number of aromatic nitrogens is 2. The van der Waals surface area contributed by atoms with Crippen molar-refractivity contribution in [1.82, 2.24) is 20.4 Å². The molecule has 1 aliphatic rings. The van der Waals surface area contributed by atoms with E-state index in [9.17, 15) is 14.4 Å². The van der Waals surface area contributed by atoms with E-state index in [1.807, 2.05) is 62.4 Å². The maximum Gasteiger partial charge on any atom is 0.286 e. The molecular weight excluding hydrogens is 462 g/mol. The van der Waals surface area contributed by atoms with Crippen LogP contribution in [-0.2, 0) is 11.3 Å². The van der Waals surface area contributed by atoms with E-state index < -0.39 is 0 Å². The molecule has 1 aliphatic heterocycles. The van der Waals surface area contributed by atoms with Crippen LogP contribution in [0.4, 0.5) is 5.69 Å². The van der Waals surface area contributed by atoms with Gasteiger partial charge in [-0.2, -0.15) is 0 Å².